The van der Waals surface area contributed by atoms with Gasteiger partial charge in [0.15, 0.2) is 5.96 Å². The van der Waals surface area contributed by atoms with Crippen molar-refractivity contribution in [3.63, 3.8) is 0 Å². The van der Waals surface area contributed by atoms with E-state index in [-0.39, 0.29) is 0 Å². The molecule has 0 atom stereocenters. The molecule has 3 N–H and O–H groups in total. The smallest absolute Gasteiger partial charge is 0.188 e. The van der Waals surface area contributed by atoms with Gasteiger partial charge in [0, 0.05) is 24.5 Å². The van der Waals surface area contributed by atoms with Gasteiger partial charge < -0.3 is 16.0 Å². The van der Waals surface area contributed by atoms with Crippen LogP contribution in [0.3, 0.4) is 0 Å². The number of rotatable bonds is 5. The summed E-state index contributed by atoms with van der Waals surface area (Å²) in [6.45, 7) is 2.02. The molecule has 0 amide bonds. The Morgan fingerprint density at radius 2 is 1.71 bits per heavy atom. The first-order valence-electron chi connectivity index (χ1n) is 8.81. The summed E-state index contributed by atoms with van der Waals surface area (Å²) in [5, 5.41) is 3.47. The standard InChI is InChI=1S/C17H34N4/c1-21(2)14-17(11-7-8-12-17)13-19-16(18)20-15-9-5-3-4-6-10-15/h15H,3-14H2,1-2H3,(H3,18,19,20). The van der Waals surface area contributed by atoms with Gasteiger partial charge in [0.2, 0.25) is 0 Å². The van der Waals surface area contributed by atoms with Gasteiger partial charge in [-0.1, -0.05) is 38.5 Å². The maximum absolute atomic E-state index is 6.15. The summed E-state index contributed by atoms with van der Waals surface area (Å²) in [5.74, 6) is 0.673. The molecule has 0 spiro atoms. The van der Waals surface area contributed by atoms with Crippen molar-refractivity contribution < 1.29 is 0 Å². The van der Waals surface area contributed by atoms with Gasteiger partial charge >= 0.3 is 0 Å². The quantitative estimate of drug-likeness (QED) is 0.466. The molecule has 0 heterocycles. The molecule has 2 aliphatic carbocycles. The monoisotopic (exact) mass is 294 g/mol. The van der Waals surface area contributed by atoms with Crippen LogP contribution in [0.25, 0.3) is 0 Å². The van der Waals surface area contributed by atoms with Gasteiger partial charge in [-0.05, 0) is 39.8 Å². The fourth-order valence-corrected chi connectivity index (χ4v) is 4.09. The van der Waals surface area contributed by atoms with Crippen LogP contribution >= 0.6 is 0 Å². The summed E-state index contributed by atoms with van der Waals surface area (Å²) in [7, 11) is 4.33. The van der Waals surface area contributed by atoms with Crippen molar-refractivity contribution in [2.24, 2.45) is 16.1 Å². The molecule has 2 saturated carbocycles. The molecular weight excluding hydrogens is 260 g/mol. The zero-order valence-corrected chi connectivity index (χ0v) is 14.0. The molecule has 0 aromatic carbocycles. The van der Waals surface area contributed by atoms with Crippen LogP contribution in [0.1, 0.15) is 64.2 Å². The molecule has 4 nitrogen and oxygen atoms in total. The molecule has 122 valence electrons. The van der Waals surface area contributed by atoms with Crippen LogP contribution in [-0.2, 0) is 0 Å². The lowest BCUT2D eigenvalue weighted by Gasteiger charge is -2.30. The number of aliphatic imine (C=N–C) groups is 1. The molecule has 2 aliphatic rings. The predicted octanol–water partition coefficient (Wildman–Crippen LogP) is 2.74. The minimum absolute atomic E-state index is 0.360. The summed E-state index contributed by atoms with van der Waals surface area (Å²) < 4.78 is 0. The van der Waals surface area contributed by atoms with Gasteiger partial charge in [-0.3, -0.25) is 4.99 Å². The van der Waals surface area contributed by atoms with Crippen molar-refractivity contribution in [3.8, 4) is 0 Å². The Bertz CT molecular complexity index is 324. The third-order valence-electron chi connectivity index (χ3n) is 5.11. The molecule has 21 heavy (non-hydrogen) atoms. The topological polar surface area (TPSA) is 53.6 Å². The average molecular weight is 294 g/mol. The minimum atomic E-state index is 0.360. The molecule has 4 heteroatoms. The Morgan fingerprint density at radius 3 is 2.29 bits per heavy atom. The van der Waals surface area contributed by atoms with Crippen molar-refractivity contribution in [2.75, 3.05) is 27.2 Å². The van der Waals surface area contributed by atoms with Crippen molar-refractivity contribution in [1.29, 1.82) is 0 Å². The molecule has 0 saturated heterocycles. The molecule has 0 radical (unpaired) electrons. The lowest BCUT2D eigenvalue weighted by Crippen LogP contribution is -2.41. The Labute approximate surface area is 130 Å². The lowest BCUT2D eigenvalue weighted by molar-refractivity contribution is 0.210. The fraction of sp³-hybridized carbons (Fsp3) is 0.941. The largest absolute Gasteiger partial charge is 0.370 e. The number of hydrogen-bond donors (Lipinski definition) is 2. The van der Waals surface area contributed by atoms with Gasteiger partial charge in [-0.25, -0.2) is 0 Å². The van der Waals surface area contributed by atoms with E-state index in [1.54, 1.807) is 0 Å². The highest BCUT2D eigenvalue weighted by Crippen LogP contribution is 2.38. The predicted molar refractivity (Wildman–Crippen MR) is 90.6 cm³/mol. The van der Waals surface area contributed by atoms with Crippen molar-refractivity contribution >= 4 is 5.96 Å². The third-order valence-corrected chi connectivity index (χ3v) is 5.11. The molecular formula is C17H34N4. The normalized spacial score (nSPS) is 24.2. The number of nitrogens with two attached hydrogens (primary N) is 1. The Morgan fingerprint density at radius 1 is 1.10 bits per heavy atom. The average Bonchev–Trinajstić information content (AvgIpc) is 2.72. The van der Waals surface area contributed by atoms with E-state index in [1.165, 1.54) is 64.2 Å². The summed E-state index contributed by atoms with van der Waals surface area (Å²) in [4.78, 5) is 7.01. The van der Waals surface area contributed by atoms with Crippen LogP contribution in [0.5, 0.6) is 0 Å². The summed E-state index contributed by atoms with van der Waals surface area (Å²) in [5.41, 5.74) is 6.51. The highest BCUT2D eigenvalue weighted by atomic mass is 15.1. The minimum Gasteiger partial charge on any atom is -0.370 e. The zero-order chi connectivity index (χ0) is 15.1. The van der Waals surface area contributed by atoms with E-state index in [1.807, 2.05) is 0 Å². The molecule has 2 fully saturated rings. The van der Waals surface area contributed by atoms with E-state index < -0.39 is 0 Å². The summed E-state index contributed by atoms with van der Waals surface area (Å²) >= 11 is 0. The number of hydrogen-bond acceptors (Lipinski definition) is 2. The molecule has 0 aromatic heterocycles. The fourth-order valence-electron chi connectivity index (χ4n) is 4.09. The number of nitrogens with one attached hydrogen (secondary N) is 1. The number of guanidine groups is 1. The van der Waals surface area contributed by atoms with E-state index in [9.17, 15) is 0 Å². The summed E-state index contributed by atoms with van der Waals surface area (Å²) in [6, 6.07) is 0.546. The van der Waals surface area contributed by atoms with Gasteiger partial charge in [-0.2, -0.15) is 0 Å². The second kappa shape index (κ2) is 8.02. The first kappa shape index (κ1) is 16.6. The Balaban J connectivity index is 1.85. The molecule has 0 aromatic rings. The van der Waals surface area contributed by atoms with Crippen molar-refractivity contribution in [2.45, 2.75) is 70.3 Å². The van der Waals surface area contributed by atoms with Gasteiger partial charge in [0.05, 0.1) is 0 Å². The molecule has 0 aliphatic heterocycles. The third kappa shape index (κ3) is 5.50. The van der Waals surface area contributed by atoms with E-state index in [4.69, 9.17) is 10.7 Å². The summed E-state index contributed by atoms with van der Waals surface area (Å²) in [6.07, 6.45) is 13.2. The van der Waals surface area contributed by atoms with Gasteiger partial charge in [0.25, 0.3) is 0 Å². The first-order valence-corrected chi connectivity index (χ1v) is 8.81. The molecule has 2 rings (SSSR count). The second-order valence-electron chi connectivity index (χ2n) is 7.48. The van der Waals surface area contributed by atoms with E-state index in [2.05, 4.69) is 24.3 Å². The lowest BCUT2D eigenvalue weighted by atomic mass is 9.86. The maximum Gasteiger partial charge on any atom is 0.188 e. The van der Waals surface area contributed by atoms with Crippen molar-refractivity contribution in [3.05, 3.63) is 0 Å². The van der Waals surface area contributed by atoms with E-state index >= 15 is 0 Å². The van der Waals surface area contributed by atoms with E-state index in [0.717, 1.165) is 13.1 Å². The zero-order valence-electron chi connectivity index (χ0n) is 14.0. The highest BCUT2D eigenvalue weighted by molar-refractivity contribution is 5.78. The SMILES string of the molecule is CN(C)CC1(CN=C(N)NC2CCCCCC2)CCCC1. The van der Waals surface area contributed by atoms with E-state index in [0.29, 0.717) is 17.4 Å². The van der Waals surface area contributed by atoms with Crippen LogP contribution in [0, 0.1) is 5.41 Å². The second-order valence-corrected chi connectivity index (χ2v) is 7.48. The van der Waals surface area contributed by atoms with Crippen LogP contribution in [0.4, 0.5) is 0 Å². The first-order chi connectivity index (χ1) is 10.1. The van der Waals surface area contributed by atoms with Crippen LogP contribution in [-0.4, -0.2) is 44.1 Å². The van der Waals surface area contributed by atoms with Gasteiger partial charge in [0.1, 0.15) is 0 Å². The van der Waals surface area contributed by atoms with Crippen molar-refractivity contribution in [1.82, 2.24) is 10.2 Å². The molecule has 0 bridgehead atoms. The maximum atomic E-state index is 6.15. The highest BCUT2D eigenvalue weighted by Gasteiger charge is 2.34. The van der Waals surface area contributed by atoms with Crippen LogP contribution in [0.15, 0.2) is 4.99 Å². The Kier molecular flexibility index (Phi) is 6.34. The van der Waals surface area contributed by atoms with Crippen LogP contribution in [0.2, 0.25) is 0 Å². The van der Waals surface area contributed by atoms with Crippen LogP contribution < -0.4 is 11.1 Å². The Hall–Kier alpha value is -0.770. The van der Waals surface area contributed by atoms with Gasteiger partial charge in [-0.15, -0.1) is 0 Å². The molecule has 0 unspecified atom stereocenters. The number of nitrogens with zero attached hydrogens (tertiary/aromatic N) is 2.